The number of aromatic nitrogens is 3. The molecular formula is C20H23N5O3. The van der Waals surface area contributed by atoms with Crippen LogP contribution in [0.15, 0.2) is 42.5 Å². The first kappa shape index (κ1) is 19.3. The van der Waals surface area contributed by atoms with Crippen LogP contribution in [0.2, 0.25) is 0 Å². The Morgan fingerprint density at radius 3 is 2.54 bits per heavy atom. The first-order valence-electron chi connectivity index (χ1n) is 9.12. The minimum absolute atomic E-state index is 0.0406. The zero-order valence-electron chi connectivity index (χ0n) is 16.2. The number of nitrogens with zero attached hydrogens (tertiary/aromatic N) is 4. The molecule has 8 nitrogen and oxygen atoms in total. The Balaban J connectivity index is 1.69. The molecule has 3 rings (SSSR count). The molecule has 1 N–H and O–H groups in total. The SMILES string of the molecule is CCN(CC(=O)Nc1ccc(OC)cc1)C(=O)c1ccc2c(c1)nnn2CC. The number of aryl methyl sites for hydroxylation is 1. The predicted octanol–water partition coefficient (Wildman–Crippen LogP) is 2.56. The molecule has 8 heteroatoms. The smallest absolute Gasteiger partial charge is 0.254 e. The van der Waals surface area contributed by atoms with Crippen LogP contribution in [0, 0.1) is 0 Å². The van der Waals surface area contributed by atoms with E-state index in [-0.39, 0.29) is 18.4 Å². The number of fused-ring (bicyclic) bond motifs is 1. The van der Waals surface area contributed by atoms with Gasteiger partial charge in [-0.3, -0.25) is 9.59 Å². The Morgan fingerprint density at radius 1 is 1.14 bits per heavy atom. The predicted molar refractivity (Wildman–Crippen MR) is 106 cm³/mol. The van der Waals surface area contributed by atoms with Gasteiger partial charge in [-0.05, 0) is 56.3 Å². The van der Waals surface area contributed by atoms with Crippen LogP contribution in [0.5, 0.6) is 5.75 Å². The topological polar surface area (TPSA) is 89.3 Å². The van der Waals surface area contributed by atoms with Gasteiger partial charge in [-0.2, -0.15) is 0 Å². The lowest BCUT2D eigenvalue weighted by atomic mass is 10.1. The summed E-state index contributed by atoms with van der Waals surface area (Å²) >= 11 is 0. The van der Waals surface area contributed by atoms with E-state index >= 15 is 0 Å². The van der Waals surface area contributed by atoms with Crippen molar-refractivity contribution >= 4 is 28.5 Å². The number of ether oxygens (including phenoxy) is 1. The molecule has 1 aromatic heterocycles. The van der Waals surface area contributed by atoms with E-state index in [1.165, 1.54) is 4.90 Å². The van der Waals surface area contributed by atoms with Crippen molar-refractivity contribution in [2.75, 3.05) is 25.5 Å². The van der Waals surface area contributed by atoms with Gasteiger partial charge >= 0.3 is 0 Å². The zero-order valence-corrected chi connectivity index (χ0v) is 16.2. The van der Waals surface area contributed by atoms with E-state index in [0.717, 1.165) is 5.52 Å². The molecular weight excluding hydrogens is 358 g/mol. The highest BCUT2D eigenvalue weighted by atomic mass is 16.5. The van der Waals surface area contributed by atoms with Gasteiger partial charge in [0.15, 0.2) is 0 Å². The van der Waals surface area contributed by atoms with E-state index in [9.17, 15) is 9.59 Å². The highest BCUT2D eigenvalue weighted by Crippen LogP contribution is 2.16. The summed E-state index contributed by atoms with van der Waals surface area (Å²) in [5, 5.41) is 10.9. The molecule has 0 spiro atoms. The van der Waals surface area contributed by atoms with Gasteiger partial charge < -0.3 is 15.0 Å². The van der Waals surface area contributed by atoms with Crippen molar-refractivity contribution in [2.45, 2.75) is 20.4 Å². The summed E-state index contributed by atoms with van der Waals surface area (Å²) < 4.78 is 6.87. The number of nitrogens with one attached hydrogen (secondary N) is 1. The Labute approximate surface area is 163 Å². The molecule has 0 unspecified atom stereocenters. The van der Waals surface area contributed by atoms with E-state index in [2.05, 4.69) is 15.6 Å². The molecule has 2 aromatic carbocycles. The van der Waals surface area contributed by atoms with Crippen LogP contribution >= 0.6 is 0 Å². The Hall–Kier alpha value is -3.42. The lowest BCUT2D eigenvalue weighted by Gasteiger charge is -2.20. The van der Waals surface area contributed by atoms with E-state index in [0.29, 0.717) is 35.6 Å². The number of hydrogen-bond donors (Lipinski definition) is 1. The standard InChI is InChI=1S/C20H23N5O3/c1-4-24(13-19(26)21-15-7-9-16(28-3)10-8-15)20(27)14-6-11-18-17(12-14)22-23-25(18)5-2/h6-12H,4-5,13H2,1-3H3,(H,21,26). The van der Waals surface area contributed by atoms with Crippen molar-refractivity contribution in [2.24, 2.45) is 0 Å². The molecule has 0 radical (unpaired) electrons. The van der Waals surface area contributed by atoms with Gasteiger partial charge in [-0.15, -0.1) is 5.10 Å². The number of likely N-dealkylation sites (N-methyl/N-ethyl adjacent to an activating group) is 1. The minimum Gasteiger partial charge on any atom is -0.497 e. The number of carbonyl (C=O) groups is 2. The van der Waals surface area contributed by atoms with Crippen molar-refractivity contribution in [3.05, 3.63) is 48.0 Å². The first-order valence-corrected chi connectivity index (χ1v) is 9.12. The van der Waals surface area contributed by atoms with Crippen molar-refractivity contribution < 1.29 is 14.3 Å². The molecule has 146 valence electrons. The van der Waals surface area contributed by atoms with Gasteiger partial charge in [0.1, 0.15) is 17.8 Å². The first-order chi connectivity index (χ1) is 13.5. The normalized spacial score (nSPS) is 10.7. The molecule has 3 aromatic rings. The molecule has 28 heavy (non-hydrogen) atoms. The molecule has 1 heterocycles. The van der Waals surface area contributed by atoms with E-state index in [1.807, 2.05) is 19.9 Å². The maximum atomic E-state index is 12.8. The quantitative estimate of drug-likeness (QED) is 0.679. The summed E-state index contributed by atoms with van der Waals surface area (Å²) in [5.74, 6) is 0.220. The minimum atomic E-state index is -0.265. The van der Waals surface area contributed by atoms with Crippen LogP contribution in [0.4, 0.5) is 5.69 Å². The Kier molecular flexibility index (Phi) is 5.88. The van der Waals surface area contributed by atoms with Gasteiger partial charge in [0.25, 0.3) is 5.91 Å². The molecule has 0 aliphatic rings. The molecule has 0 fully saturated rings. The van der Waals surface area contributed by atoms with Crippen LogP contribution in [-0.2, 0) is 11.3 Å². The van der Waals surface area contributed by atoms with Crippen LogP contribution in [-0.4, -0.2) is 51.9 Å². The molecule has 0 aliphatic carbocycles. The van der Waals surface area contributed by atoms with Crippen LogP contribution in [0.1, 0.15) is 24.2 Å². The highest BCUT2D eigenvalue weighted by Gasteiger charge is 2.18. The monoisotopic (exact) mass is 381 g/mol. The molecule has 0 bridgehead atoms. The van der Waals surface area contributed by atoms with E-state index in [4.69, 9.17) is 4.74 Å². The second-order valence-electron chi connectivity index (χ2n) is 6.20. The van der Waals surface area contributed by atoms with Gasteiger partial charge in [0.05, 0.1) is 12.6 Å². The third-order valence-electron chi connectivity index (χ3n) is 4.44. The van der Waals surface area contributed by atoms with Crippen LogP contribution < -0.4 is 10.1 Å². The summed E-state index contributed by atoms with van der Waals surface area (Å²) in [6, 6.07) is 12.3. The summed E-state index contributed by atoms with van der Waals surface area (Å²) in [5.41, 5.74) is 2.66. The molecule has 0 saturated heterocycles. The number of rotatable bonds is 7. The lowest BCUT2D eigenvalue weighted by Crippen LogP contribution is -2.37. The summed E-state index contributed by atoms with van der Waals surface area (Å²) in [6.07, 6.45) is 0. The molecule has 0 saturated carbocycles. The largest absolute Gasteiger partial charge is 0.497 e. The number of hydrogen-bond acceptors (Lipinski definition) is 5. The Morgan fingerprint density at radius 2 is 1.89 bits per heavy atom. The maximum Gasteiger partial charge on any atom is 0.254 e. The van der Waals surface area contributed by atoms with Gasteiger partial charge in [-0.1, -0.05) is 5.21 Å². The average Bonchev–Trinajstić information content (AvgIpc) is 3.14. The summed E-state index contributed by atoms with van der Waals surface area (Å²) in [4.78, 5) is 26.7. The molecule has 0 aliphatic heterocycles. The fraction of sp³-hybridized carbons (Fsp3) is 0.300. The van der Waals surface area contributed by atoms with Crippen molar-refractivity contribution in [3.63, 3.8) is 0 Å². The lowest BCUT2D eigenvalue weighted by molar-refractivity contribution is -0.116. The number of benzene rings is 2. The third-order valence-corrected chi connectivity index (χ3v) is 4.44. The second-order valence-corrected chi connectivity index (χ2v) is 6.20. The van der Waals surface area contributed by atoms with Gasteiger partial charge in [0, 0.05) is 24.3 Å². The second kappa shape index (κ2) is 8.51. The van der Waals surface area contributed by atoms with Crippen LogP contribution in [0.3, 0.4) is 0 Å². The molecule has 0 atom stereocenters. The summed E-state index contributed by atoms with van der Waals surface area (Å²) in [7, 11) is 1.58. The van der Waals surface area contributed by atoms with Crippen molar-refractivity contribution in [3.8, 4) is 5.75 Å². The van der Waals surface area contributed by atoms with Gasteiger partial charge in [0.2, 0.25) is 5.91 Å². The fourth-order valence-corrected chi connectivity index (χ4v) is 2.90. The van der Waals surface area contributed by atoms with Gasteiger partial charge in [-0.25, -0.2) is 4.68 Å². The van der Waals surface area contributed by atoms with E-state index in [1.54, 1.807) is 48.2 Å². The average molecular weight is 381 g/mol. The number of carbonyl (C=O) groups excluding carboxylic acids is 2. The Bertz CT molecular complexity index is 981. The third kappa shape index (κ3) is 4.11. The van der Waals surface area contributed by atoms with Crippen molar-refractivity contribution in [1.29, 1.82) is 0 Å². The van der Waals surface area contributed by atoms with Crippen LogP contribution in [0.25, 0.3) is 11.0 Å². The number of methoxy groups -OCH3 is 1. The zero-order chi connectivity index (χ0) is 20.1. The highest BCUT2D eigenvalue weighted by molar-refractivity contribution is 6.01. The van der Waals surface area contributed by atoms with E-state index < -0.39 is 0 Å². The van der Waals surface area contributed by atoms with Crippen molar-refractivity contribution in [1.82, 2.24) is 19.9 Å². The summed E-state index contributed by atoms with van der Waals surface area (Å²) in [6.45, 7) is 4.89. The molecule has 2 amide bonds. The number of amides is 2. The maximum absolute atomic E-state index is 12.8. The number of anilines is 1. The fourth-order valence-electron chi connectivity index (χ4n) is 2.90.